The Hall–Kier alpha value is -2.63. The van der Waals surface area contributed by atoms with Gasteiger partial charge in [-0.25, -0.2) is 4.98 Å². The van der Waals surface area contributed by atoms with E-state index in [-0.39, 0.29) is 11.9 Å². The van der Waals surface area contributed by atoms with Crippen molar-refractivity contribution in [1.29, 1.82) is 0 Å². The van der Waals surface area contributed by atoms with Crippen LogP contribution in [0.25, 0.3) is 21.8 Å². The zero-order valence-corrected chi connectivity index (χ0v) is 12.0. The summed E-state index contributed by atoms with van der Waals surface area (Å²) in [5, 5.41) is 3.05. The summed E-state index contributed by atoms with van der Waals surface area (Å²) in [6, 6.07) is 1.62. The summed E-state index contributed by atoms with van der Waals surface area (Å²) in [5.74, 6) is -0.323. The standard InChI is InChI=1S/C16H16N5O/c17-15(22)12-3-1-2-6-21(12)13-9-18-7-10-8-20-16-11(14(10)13)4-5-19-16/h3-5,7-9,12H,1-2,6H2,(H2,17,22)(H,19,20). The average Bonchev–Trinajstić information content (AvgIpc) is 3.03. The van der Waals surface area contributed by atoms with Crippen molar-refractivity contribution in [1.82, 2.24) is 15.0 Å². The smallest absolute Gasteiger partial charge is 0.240 e. The number of rotatable bonds is 2. The van der Waals surface area contributed by atoms with E-state index in [9.17, 15) is 4.79 Å². The predicted molar refractivity (Wildman–Crippen MR) is 85.3 cm³/mol. The van der Waals surface area contributed by atoms with E-state index >= 15 is 0 Å². The van der Waals surface area contributed by atoms with Gasteiger partial charge >= 0.3 is 0 Å². The Balaban J connectivity index is 1.97. The quantitative estimate of drug-likeness (QED) is 0.754. The van der Waals surface area contributed by atoms with Crippen LogP contribution in [0, 0.1) is 6.42 Å². The molecular weight excluding hydrogens is 278 g/mol. The third kappa shape index (κ3) is 1.91. The van der Waals surface area contributed by atoms with Gasteiger partial charge in [-0.2, -0.15) is 0 Å². The van der Waals surface area contributed by atoms with E-state index in [1.165, 1.54) is 0 Å². The maximum absolute atomic E-state index is 11.8. The largest absolute Gasteiger partial charge is 0.368 e. The van der Waals surface area contributed by atoms with E-state index in [0.717, 1.165) is 46.9 Å². The van der Waals surface area contributed by atoms with Crippen molar-refractivity contribution in [2.45, 2.75) is 18.9 Å². The lowest BCUT2D eigenvalue weighted by molar-refractivity contribution is -0.118. The highest BCUT2D eigenvalue weighted by molar-refractivity contribution is 6.11. The van der Waals surface area contributed by atoms with E-state index in [0.29, 0.717) is 0 Å². The molecule has 6 heteroatoms. The lowest BCUT2D eigenvalue weighted by atomic mass is 9.99. The third-order valence-corrected chi connectivity index (χ3v) is 4.21. The number of fused-ring (bicyclic) bond motifs is 3. The molecule has 111 valence electrons. The van der Waals surface area contributed by atoms with E-state index < -0.39 is 0 Å². The van der Waals surface area contributed by atoms with Crippen molar-refractivity contribution in [2.75, 3.05) is 11.4 Å². The first kappa shape index (κ1) is 13.1. The van der Waals surface area contributed by atoms with Gasteiger partial charge in [-0.15, -0.1) is 0 Å². The highest BCUT2D eigenvalue weighted by Crippen LogP contribution is 2.34. The third-order valence-electron chi connectivity index (χ3n) is 4.21. The van der Waals surface area contributed by atoms with Crippen molar-refractivity contribution < 1.29 is 4.79 Å². The second-order valence-electron chi connectivity index (χ2n) is 5.54. The minimum atomic E-state index is -0.386. The van der Waals surface area contributed by atoms with Crippen molar-refractivity contribution in [3.05, 3.63) is 37.3 Å². The molecule has 0 saturated carbocycles. The van der Waals surface area contributed by atoms with Crippen molar-refractivity contribution in [2.24, 2.45) is 5.73 Å². The lowest BCUT2D eigenvalue weighted by Crippen LogP contribution is -2.48. The SMILES string of the molecule is NC(=O)C1[CH]CCCN1c1cncc2cnc3[nH]ccc3c12. The van der Waals surface area contributed by atoms with Gasteiger partial charge in [-0.05, 0) is 25.3 Å². The van der Waals surface area contributed by atoms with Gasteiger partial charge in [0.15, 0.2) is 0 Å². The molecule has 4 rings (SSSR count). The van der Waals surface area contributed by atoms with Crippen LogP contribution in [-0.4, -0.2) is 33.4 Å². The molecule has 0 spiro atoms. The maximum Gasteiger partial charge on any atom is 0.240 e. The predicted octanol–water partition coefficient (Wildman–Crippen LogP) is 1.77. The molecular formula is C16H16N5O. The monoisotopic (exact) mass is 294 g/mol. The highest BCUT2D eigenvalue weighted by atomic mass is 16.1. The van der Waals surface area contributed by atoms with Crippen molar-refractivity contribution in [3.8, 4) is 0 Å². The Kier molecular flexibility index (Phi) is 2.96. The first-order chi connectivity index (χ1) is 10.8. The fourth-order valence-electron chi connectivity index (χ4n) is 3.22. The van der Waals surface area contributed by atoms with Crippen molar-refractivity contribution in [3.63, 3.8) is 0 Å². The Morgan fingerprint density at radius 1 is 1.36 bits per heavy atom. The van der Waals surface area contributed by atoms with Crippen LogP contribution in [0.3, 0.4) is 0 Å². The van der Waals surface area contributed by atoms with Gasteiger partial charge in [-0.3, -0.25) is 9.78 Å². The van der Waals surface area contributed by atoms with E-state index in [1.54, 1.807) is 12.4 Å². The molecule has 4 heterocycles. The van der Waals surface area contributed by atoms with Gasteiger partial charge in [0.05, 0.1) is 11.9 Å². The van der Waals surface area contributed by atoms with Gasteiger partial charge in [0, 0.05) is 41.3 Å². The number of aromatic nitrogens is 3. The zero-order chi connectivity index (χ0) is 15.1. The van der Waals surface area contributed by atoms with Gasteiger partial charge in [0.2, 0.25) is 5.91 Å². The molecule has 1 amide bonds. The molecule has 3 aromatic rings. The molecule has 1 saturated heterocycles. The van der Waals surface area contributed by atoms with Gasteiger partial charge in [0.1, 0.15) is 11.7 Å². The number of primary amides is 1. The molecule has 0 aliphatic carbocycles. The minimum absolute atomic E-state index is 0.323. The number of carbonyl (C=O) groups is 1. The number of hydrogen-bond acceptors (Lipinski definition) is 4. The molecule has 1 unspecified atom stereocenters. The molecule has 0 bridgehead atoms. The number of nitrogens with one attached hydrogen (secondary N) is 1. The summed E-state index contributed by atoms with van der Waals surface area (Å²) < 4.78 is 0. The molecule has 3 aromatic heterocycles. The minimum Gasteiger partial charge on any atom is -0.368 e. The maximum atomic E-state index is 11.8. The molecule has 1 radical (unpaired) electrons. The van der Waals surface area contributed by atoms with Crippen LogP contribution in [-0.2, 0) is 4.79 Å². The van der Waals surface area contributed by atoms with Crippen LogP contribution in [0.2, 0.25) is 0 Å². The zero-order valence-electron chi connectivity index (χ0n) is 12.0. The topological polar surface area (TPSA) is 87.9 Å². The molecule has 22 heavy (non-hydrogen) atoms. The average molecular weight is 294 g/mol. The van der Waals surface area contributed by atoms with E-state index in [4.69, 9.17) is 5.73 Å². The molecule has 1 atom stereocenters. The summed E-state index contributed by atoms with van der Waals surface area (Å²) in [5.41, 5.74) is 7.35. The first-order valence-corrected chi connectivity index (χ1v) is 7.35. The number of anilines is 1. The Morgan fingerprint density at radius 2 is 2.27 bits per heavy atom. The second-order valence-corrected chi connectivity index (χ2v) is 5.54. The van der Waals surface area contributed by atoms with E-state index in [2.05, 4.69) is 15.0 Å². The van der Waals surface area contributed by atoms with Crippen LogP contribution < -0.4 is 10.6 Å². The molecule has 0 aromatic carbocycles. The fourth-order valence-corrected chi connectivity index (χ4v) is 3.22. The Bertz CT molecular complexity index is 856. The van der Waals surface area contributed by atoms with E-state index in [1.807, 2.05) is 29.8 Å². The van der Waals surface area contributed by atoms with Crippen LogP contribution in [0.1, 0.15) is 12.8 Å². The molecule has 1 aliphatic rings. The fraction of sp³-hybridized carbons (Fsp3) is 0.250. The Labute approximate surface area is 127 Å². The second kappa shape index (κ2) is 4.98. The number of hydrogen-bond donors (Lipinski definition) is 2. The number of pyridine rings is 2. The van der Waals surface area contributed by atoms with Crippen LogP contribution >= 0.6 is 0 Å². The molecule has 6 nitrogen and oxygen atoms in total. The van der Waals surface area contributed by atoms with Crippen LogP contribution in [0.4, 0.5) is 5.69 Å². The number of carbonyl (C=O) groups excluding carboxylic acids is 1. The summed E-state index contributed by atoms with van der Waals surface area (Å²) in [6.07, 6.45) is 11.2. The number of amides is 1. The summed E-state index contributed by atoms with van der Waals surface area (Å²) in [6.45, 7) is 0.791. The number of nitrogens with zero attached hydrogens (tertiary/aromatic N) is 3. The number of H-pyrrole nitrogens is 1. The van der Waals surface area contributed by atoms with Crippen LogP contribution in [0.5, 0.6) is 0 Å². The molecule has 1 aliphatic heterocycles. The summed E-state index contributed by atoms with van der Waals surface area (Å²) >= 11 is 0. The number of nitrogens with two attached hydrogens (primary N) is 1. The number of aromatic amines is 1. The van der Waals surface area contributed by atoms with Gasteiger partial charge in [-0.1, -0.05) is 0 Å². The van der Waals surface area contributed by atoms with Gasteiger partial charge in [0.25, 0.3) is 0 Å². The van der Waals surface area contributed by atoms with Crippen LogP contribution in [0.15, 0.2) is 30.9 Å². The molecule has 3 N–H and O–H groups in total. The summed E-state index contributed by atoms with van der Waals surface area (Å²) in [7, 11) is 0. The van der Waals surface area contributed by atoms with Crippen molar-refractivity contribution >= 4 is 33.4 Å². The molecule has 1 fully saturated rings. The first-order valence-electron chi connectivity index (χ1n) is 7.35. The van der Waals surface area contributed by atoms with Gasteiger partial charge < -0.3 is 15.6 Å². The Morgan fingerprint density at radius 3 is 3.14 bits per heavy atom. The number of piperidine rings is 1. The summed E-state index contributed by atoms with van der Waals surface area (Å²) in [4.78, 5) is 25.7. The highest BCUT2D eigenvalue weighted by Gasteiger charge is 2.29. The lowest BCUT2D eigenvalue weighted by Gasteiger charge is -2.35. The normalized spacial score (nSPS) is 18.9.